The third-order valence-electron chi connectivity index (χ3n) is 7.48. The Morgan fingerprint density at radius 2 is 1.77 bits per heavy atom. The Balaban J connectivity index is 1.97. The topological polar surface area (TPSA) is 27.3 Å². The molecule has 2 N–H and O–H groups in total. The highest BCUT2D eigenvalue weighted by Gasteiger charge is 2.52. The Labute approximate surface area is 162 Å². The van der Waals surface area contributed by atoms with Gasteiger partial charge in [0.15, 0.2) is 0 Å². The molecule has 1 aliphatic heterocycles. The molecule has 2 aliphatic carbocycles. The van der Waals surface area contributed by atoms with Crippen LogP contribution in [0, 0.1) is 29.6 Å². The highest BCUT2D eigenvalue weighted by Crippen LogP contribution is 2.58. The minimum atomic E-state index is -1.53. The first-order valence-corrected chi connectivity index (χ1v) is 13.9. The summed E-state index contributed by atoms with van der Waals surface area (Å²) in [6, 6.07) is 0. The molecular weight excluding hydrogens is 334 g/mol. The molecule has 0 radical (unpaired) electrons. The minimum absolute atomic E-state index is 0.633. The number of allylic oxidation sites excluding steroid dienone is 4. The first-order valence-electron chi connectivity index (χ1n) is 10.9. The molecular formula is C22H41N3Si. The number of rotatable bonds is 5. The van der Waals surface area contributed by atoms with Gasteiger partial charge in [0.1, 0.15) is 8.24 Å². The highest BCUT2D eigenvalue weighted by atomic mass is 28.3. The summed E-state index contributed by atoms with van der Waals surface area (Å²) in [4.78, 5) is 0. The molecule has 4 heteroatoms. The fourth-order valence-corrected chi connectivity index (χ4v) is 9.36. The number of fused-ring (bicyclic) bond motifs is 1. The van der Waals surface area contributed by atoms with E-state index in [1.807, 2.05) is 0 Å². The van der Waals surface area contributed by atoms with Crippen molar-refractivity contribution in [1.29, 1.82) is 0 Å². The van der Waals surface area contributed by atoms with Gasteiger partial charge < -0.3 is 0 Å². The molecule has 3 nitrogen and oxygen atoms in total. The SMILES string of the molecule is CCC1CC([Si](C)(C)N2CNCNC2)C2C=C(C(C)C)C=C(C(C)C)C12. The average molecular weight is 376 g/mol. The molecule has 0 amide bonds. The normalized spacial score (nSPS) is 33.4. The van der Waals surface area contributed by atoms with Gasteiger partial charge in [-0.2, -0.15) is 0 Å². The Hall–Kier alpha value is -0.423. The molecule has 0 aromatic carbocycles. The molecule has 1 saturated heterocycles. The lowest BCUT2D eigenvalue weighted by molar-refractivity contribution is 0.282. The summed E-state index contributed by atoms with van der Waals surface area (Å²) in [6.07, 6.45) is 8.04. The van der Waals surface area contributed by atoms with E-state index in [1.165, 1.54) is 12.8 Å². The van der Waals surface area contributed by atoms with Crippen molar-refractivity contribution < 1.29 is 0 Å². The van der Waals surface area contributed by atoms with E-state index in [0.29, 0.717) is 11.8 Å². The average Bonchev–Trinajstić information content (AvgIpc) is 3.01. The van der Waals surface area contributed by atoms with Crippen LogP contribution in [0.3, 0.4) is 0 Å². The second-order valence-electron chi connectivity index (χ2n) is 9.92. The lowest BCUT2D eigenvalue weighted by Crippen LogP contribution is -2.63. The standard InChI is InChI=1S/C22H41N3Si/c1-8-17-11-21(26(6,7)25-13-23-12-24-14-25)20-10-18(15(2)3)9-19(16(4)5)22(17)20/h9-10,15-17,20-24H,8,11-14H2,1-7H3. The van der Waals surface area contributed by atoms with Crippen molar-refractivity contribution in [2.24, 2.45) is 29.6 Å². The fraction of sp³-hybridized carbons (Fsp3) is 0.818. The van der Waals surface area contributed by atoms with E-state index in [-0.39, 0.29) is 0 Å². The number of hydrogen-bond acceptors (Lipinski definition) is 3. The molecule has 148 valence electrons. The van der Waals surface area contributed by atoms with Gasteiger partial charge in [0.25, 0.3) is 0 Å². The summed E-state index contributed by atoms with van der Waals surface area (Å²) in [5.74, 6) is 3.70. The third-order valence-corrected chi connectivity index (χ3v) is 11.9. The summed E-state index contributed by atoms with van der Waals surface area (Å²) >= 11 is 0. The van der Waals surface area contributed by atoms with E-state index in [2.05, 4.69) is 75.1 Å². The molecule has 1 heterocycles. The lowest BCUT2D eigenvalue weighted by Gasteiger charge is -2.46. The molecule has 0 bridgehead atoms. The fourth-order valence-electron chi connectivity index (χ4n) is 5.73. The van der Waals surface area contributed by atoms with Gasteiger partial charge in [-0.05, 0) is 47.1 Å². The van der Waals surface area contributed by atoms with Gasteiger partial charge in [-0.3, -0.25) is 15.2 Å². The van der Waals surface area contributed by atoms with Crippen LogP contribution in [0.5, 0.6) is 0 Å². The summed E-state index contributed by atoms with van der Waals surface area (Å²) < 4.78 is 2.76. The van der Waals surface area contributed by atoms with Crippen LogP contribution in [0.15, 0.2) is 23.3 Å². The predicted molar refractivity (Wildman–Crippen MR) is 115 cm³/mol. The van der Waals surface area contributed by atoms with Crippen LogP contribution >= 0.6 is 0 Å². The molecule has 4 unspecified atom stereocenters. The van der Waals surface area contributed by atoms with E-state index < -0.39 is 8.24 Å². The summed E-state index contributed by atoms with van der Waals surface area (Å²) in [7, 11) is -1.53. The van der Waals surface area contributed by atoms with Gasteiger partial charge in [0.2, 0.25) is 0 Å². The van der Waals surface area contributed by atoms with Gasteiger partial charge in [0, 0.05) is 20.0 Å². The first-order chi connectivity index (χ1) is 12.3. The largest absolute Gasteiger partial charge is 0.299 e. The third kappa shape index (κ3) is 3.63. The smallest absolute Gasteiger partial charge is 0.128 e. The quantitative estimate of drug-likeness (QED) is 0.678. The maximum absolute atomic E-state index is 3.54. The van der Waals surface area contributed by atoms with Crippen LogP contribution in [0.1, 0.15) is 47.5 Å². The maximum atomic E-state index is 3.54. The Morgan fingerprint density at radius 3 is 2.31 bits per heavy atom. The molecule has 3 aliphatic rings. The van der Waals surface area contributed by atoms with Gasteiger partial charge in [-0.1, -0.05) is 71.9 Å². The van der Waals surface area contributed by atoms with Crippen LogP contribution in [0.25, 0.3) is 0 Å². The van der Waals surface area contributed by atoms with Crippen LogP contribution in [0.4, 0.5) is 0 Å². The van der Waals surface area contributed by atoms with E-state index in [4.69, 9.17) is 0 Å². The van der Waals surface area contributed by atoms with Crippen molar-refractivity contribution in [1.82, 2.24) is 15.2 Å². The van der Waals surface area contributed by atoms with E-state index >= 15 is 0 Å². The monoisotopic (exact) mass is 375 g/mol. The van der Waals surface area contributed by atoms with Crippen molar-refractivity contribution in [3.05, 3.63) is 23.3 Å². The molecule has 4 atom stereocenters. The minimum Gasteiger partial charge on any atom is -0.299 e. The van der Waals surface area contributed by atoms with Crippen LogP contribution in [-0.2, 0) is 0 Å². The molecule has 0 aromatic heterocycles. The van der Waals surface area contributed by atoms with Gasteiger partial charge in [-0.25, -0.2) is 0 Å². The second-order valence-corrected chi connectivity index (χ2v) is 14.6. The highest BCUT2D eigenvalue weighted by molar-refractivity contribution is 6.76. The molecule has 26 heavy (non-hydrogen) atoms. The van der Waals surface area contributed by atoms with Gasteiger partial charge >= 0.3 is 0 Å². The van der Waals surface area contributed by atoms with E-state index in [0.717, 1.165) is 43.3 Å². The van der Waals surface area contributed by atoms with Crippen molar-refractivity contribution in [2.45, 2.75) is 66.1 Å². The van der Waals surface area contributed by atoms with E-state index in [1.54, 1.807) is 11.1 Å². The molecule has 3 rings (SSSR count). The maximum Gasteiger partial charge on any atom is 0.128 e. The van der Waals surface area contributed by atoms with Crippen molar-refractivity contribution in [3.63, 3.8) is 0 Å². The number of hydrogen-bond donors (Lipinski definition) is 2. The zero-order valence-electron chi connectivity index (χ0n) is 18.1. The molecule has 0 aromatic rings. The molecule has 1 saturated carbocycles. The lowest BCUT2D eigenvalue weighted by atomic mass is 9.72. The Kier molecular flexibility index (Phi) is 6.17. The van der Waals surface area contributed by atoms with Crippen LogP contribution in [0.2, 0.25) is 18.6 Å². The summed E-state index contributed by atoms with van der Waals surface area (Å²) in [6.45, 7) is 20.3. The predicted octanol–water partition coefficient (Wildman–Crippen LogP) is 4.77. The van der Waals surface area contributed by atoms with Gasteiger partial charge in [-0.15, -0.1) is 0 Å². The van der Waals surface area contributed by atoms with Crippen LogP contribution < -0.4 is 10.6 Å². The van der Waals surface area contributed by atoms with Gasteiger partial charge in [0.05, 0.1) is 0 Å². The van der Waals surface area contributed by atoms with E-state index in [9.17, 15) is 0 Å². The van der Waals surface area contributed by atoms with Crippen molar-refractivity contribution in [2.75, 3.05) is 20.0 Å². The number of nitrogens with one attached hydrogen (secondary N) is 2. The van der Waals surface area contributed by atoms with Crippen molar-refractivity contribution in [3.8, 4) is 0 Å². The summed E-state index contributed by atoms with van der Waals surface area (Å²) in [5.41, 5.74) is 4.20. The Bertz CT molecular complexity index is 558. The second kappa shape index (κ2) is 7.90. The number of nitrogens with zero attached hydrogens (tertiary/aromatic N) is 1. The first kappa shape index (κ1) is 20.3. The summed E-state index contributed by atoms with van der Waals surface area (Å²) in [5, 5.41) is 7.08. The molecule has 0 spiro atoms. The zero-order chi connectivity index (χ0) is 19.1. The Morgan fingerprint density at radius 1 is 1.12 bits per heavy atom. The van der Waals surface area contributed by atoms with Crippen LogP contribution in [-0.4, -0.2) is 32.8 Å². The van der Waals surface area contributed by atoms with Crippen molar-refractivity contribution >= 4 is 8.24 Å². The zero-order valence-corrected chi connectivity index (χ0v) is 19.1. The molecule has 2 fully saturated rings.